The molecule has 0 bridgehead atoms. The van der Waals surface area contributed by atoms with E-state index in [9.17, 15) is 10.1 Å². The van der Waals surface area contributed by atoms with Crippen molar-refractivity contribution in [1.29, 1.82) is 0 Å². The lowest BCUT2D eigenvalue weighted by molar-refractivity contribution is -0.384. The van der Waals surface area contributed by atoms with Crippen LogP contribution in [0.25, 0.3) is 0 Å². The summed E-state index contributed by atoms with van der Waals surface area (Å²) in [6.45, 7) is 6.13. The Morgan fingerprint density at radius 3 is 2.78 bits per heavy atom. The quantitative estimate of drug-likeness (QED) is 0.436. The van der Waals surface area contributed by atoms with Crippen molar-refractivity contribution in [2.24, 2.45) is 5.92 Å². The molecular formula is C14H22N2O2. The number of nitro groups is 1. The van der Waals surface area contributed by atoms with Crippen molar-refractivity contribution in [2.75, 3.05) is 6.54 Å². The van der Waals surface area contributed by atoms with Crippen LogP contribution in [0.4, 0.5) is 5.69 Å². The Bertz CT molecular complexity index is 378. The molecule has 0 aliphatic carbocycles. The van der Waals surface area contributed by atoms with Gasteiger partial charge in [0.2, 0.25) is 0 Å². The largest absolute Gasteiger partial charge is 0.313 e. The topological polar surface area (TPSA) is 55.2 Å². The second-order valence-corrected chi connectivity index (χ2v) is 4.99. The fraction of sp³-hybridized carbons (Fsp3) is 0.571. The lowest BCUT2D eigenvalue weighted by atomic mass is 10.1. The van der Waals surface area contributed by atoms with E-state index in [4.69, 9.17) is 0 Å². The highest BCUT2D eigenvalue weighted by Crippen LogP contribution is 2.12. The fourth-order valence-corrected chi connectivity index (χ4v) is 1.82. The zero-order valence-corrected chi connectivity index (χ0v) is 11.2. The van der Waals surface area contributed by atoms with Gasteiger partial charge in [-0.2, -0.15) is 0 Å². The molecule has 0 saturated carbocycles. The highest BCUT2D eigenvalue weighted by atomic mass is 16.6. The molecule has 0 aliphatic rings. The van der Waals surface area contributed by atoms with E-state index in [2.05, 4.69) is 19.2 Å². The molecule has 0 spiro atoms. The van der Waals surface area contributed by atoms with Crippen molar-refractivity contribution < 1.29 is 4.92 Å². The summed E-state index contributed by atoms with van der Waals surface area (Å²) >= 11 is 0. The van der Waals surface area contributed by atoms with Crippen LogP contribution in [0.3, 0.4) is 0 Å². The molecule has 0 aliphatic heterocycles. The van der Waals surface area contributed by atoms with E-state index in [1.165, 1.54) is 18.9 Å². The number of rotatable bonds is 8. The van der Waals surface area contributed by atoms with Crippen LogP contribution in [-0.4, -0.2) is 11.5 Å². The highest BCUT2D eigenvalue weighted by molar-refractivity contribution is 5.34. The number of nitrogens with zero attached hydrogens (tertiary/aromatic N) is 1. The molecule has 1 N–H and O–H groups in total. The van der Waals surface area contributed by atoms with Crippen molar-refractivity contribution >= 4 is 5.69 Å². The Kier molecular flexibility index (Phi) is 6.36. The molecule has 1 rings (SSSR count). The molecule has 100 valence electrons. The lowest BCUT2D eigenvalue weighted by Gasteiger charge is -2.06. The maximum absolute atomic E-state index is 10.6. The number of unbranched alkanes of at least 4 members (excludes halogenated alkanes) is 1. The van der Waals surface area contributed by atoms with E-state index in [1.807, 2.05) is 6.07 Å². The zero-order valence-electron chi connectivity index (χ0n) is 11.2. The summed E-state index contributed by atoms with van der Waals surface area (Å²) in [7, 11) is 0. The van der Waals surface area contributed by atoms with Crippen molar-refractivity contribution in [3.05, 3.63) is 39.9 Å². The Morgan fingerprint density at radius 2 is 2.11 bits per heavy atom. The molecule has 4 heteroatoms. The van der Waals surface area contributed by atoms with Crippen LogP contribution in [-0.2, 0) is 6.54 Å². The Labute approximate surface area is 109 Å². The van der Waals surface area contributed by atoms with Gasteiger partial charge < -0.3 is 5.32 Å². The van der Waals surface area contributed by atoms with Gasteiger partial charge in [-0.1, -0.05) is 38.8 Å². The third-order valence-corrected chi connectivity index (χ3v) is 2.84. The van der Waals surface area contributed by atoms with Crippen LogP contribution >= 0.6 is 0 Å². The molecule has 0 atom stereocenters. The first kappa shape index (κ1) is 14.6. The summed E-state index contributed by atoms with van der Waals surface area (Å²) in [5, 5.41) is 13.9. The smallest absolute Gasteiger partial charge is 0.269 e. The second-order valence-electron chi connectivity index (χ2n) is 4.99. The van der Waals surface area contributed by atoms with Crippen LogP contribution < -0.4 is 5.32 Å². The van der Waals surface area contributed by atoms with Crippen LogP contribution in [0, 0.1) is 16.0 Å². The fourth-order valence-electron chi connectivity index (χ4n) is 1.82. The number of hydrogen-bond donors (Lipinski definition) is 1. The lowest BCUT2D eigenvalue weighted by Crippen LogP contribution is -2.14. The molecule has 1 aromatic rings. The third kappa shape index (κ3) is 5.77. The van der Waals surface area contributed by atoms with E-state index in [0.29, 0.717) is 6.54 Å². The van der Waals surface area contributed by atoms with Gasteiger partial charge in [0.1, 0.15) is 0 Å². The summed E-state index contributed by atoms with van der Waals surface area (Å²) in [6, 6.07) is 6.79. The van der Waals surface area contributed by atoms with E-state index >= 15 is 0 Å². The van der Waals surface area contributed by atoms with Gasteiger partial charge in [0, 0.05) is 18.7 Å². The number of nitrogens with one attached hydrogen (secondary N) is 1. The molecule has 0 radical (unpaired) electrons. The normalized spacial score (nSPS) is 10.8. The maximum Gasteiger partial charge on any atom is 0.269 e. The highest BCUT2D eigenvalue weighted by Gasteiger charge is 2.04. The first-order valence-electron chi connectivity index (χ1n) is 6.53. The summed E-state index contributed by atoms with van der Waals surface area (Å²) in [4.78, 5) is 10.3. The van der Waals surface area contributed by atoms with Gasteiger partial charge in [0.05, 0.1) is 4.92 Å². The van der Waals surface area contributed by atoms with Gasteiger partial charge in [-0.15, -0.1) is 0 Å². The number of benzene rings is 1. The van der Waals surface area contributed by atoms with Crippen molar-refractivity contribution in [2.45, 2.75) is 39.7 Å². The summed E-state index contributed by atoms with van der Waals surface area (Å²) in [5.74, 6) is 0.766. The van der Waals surface area contributed by atoms with E-state index < -0.39 is 0 Å². The minimum Gasteiger partial charge on any atom is -0.313 e. The van der Waals surface area contributed by atoms with Crippen LogP contribution in [0.5, 0.6) is 0 Å². The molecular weight excluding hydrogens is 228 g/mol. The number of hydrogen-bond acceptors (Lipinski definition) is 3. The van der Waals surface area contributed by atoms with Crippen molar-refractivity contribution in [3.63, 3.8) is 0 Å². The molecule has 18 heavy (non-hydrogen) atoms. The predicted octanol–water partition coefficient (Wildman–Crippen LogP) is 3.51. The standard InChI is InChI=1S/C14H22N2O2/c1-12(2)6-3-4-9-15-11-13-7-5-8-14(10-13)16(17)18/h5,7-8,10,12,15H,3-4,6,9,11H2,1-2H3. The van der Waals surface area contributed by atoms with Crippen LogP contribution in [0.1, 0.15) is 38.7 Å². The zero-order chi connectivity index (χ0) is 13.4. The second kappa shape index (κ2) is 7.82. The minimum absolute atomic E-state index is 0.161. The number of nitro benzene ring substituents is 1. The molecule has 1 aromatic carbocycles. The predicted molar refractivity (Wildman–Crippen MR) is 73.5 cm³/mol. The van der Waals surface area contributed by atoms with E-state index in [1.54, 1.807) is 12.1 Å². The maximum atomic E-state index is 10.6. The van der Waals surface area contributed by atoms with Crippen LogP contribution in [0.15, 0.2) is 24.3 Å². The summed E-state index contributed by atoms with van der Waals surface area (Å²) in [6.07, 6.45) is 3.66. The molecule has 0 saturated heterocycles. The van der Waals surface area contributed by atoms with Gasteiger partial charge in [-0.05, 0) is 24.4 Å². The Hall–Kier alpha value is -1.42. The first-order chi connectivity index (χ1) is 8.59. The van der Waals surface area contributed by atoms with Gasteiger partial charge >= 0.3 is 0 Å². The molecule has 0 aromatic heterocycles. The molecule has 0 amide bonds. The summed E-state index contributed by atoms with van der Waals surface area (Å²) < 4.78 is 0. The van der Waals surface area contributed by atoms with Gasteiger partial charge in [-0.25, -0.2) is 0 Å². The van der Waals surface area contributed by atoms with Gasteiger partial charge in [0.15, 0.2) is 0 Å². The first-order valence-corrected chi connectivity index (χ1v) is 6.53. The van der Waals surface area contributed by atoms with E-state index in [0.717, 1.165) is 24.4 Å². The monoisotopic (exact) mass is 250 g/mol. The molecule has 4 nitrogen and oxygen atoms in total. The van der Waals surface area contributed by atoms with Gasteiger partial charge in [0.25, 0.3) is 5.69 Å². The Morgan fingerprint density at radius 1 is 1.33 bits per heavy atom. The minimum atomic E-state index is -0.355. The molecule has 0 unspecified atom stereocenters. The SMILES string of the molecule is CC(C)CCCCNCc1cccc([N+](=O)[O-])c1. The molecule has 0 fully saturated rings. The van der Waals surface area contributed by atoms with E-state index in [-0.39, 0.29) is 10.6 Å². The molecule has 0 heterocycles. The van der Waals surface area contributed by atoms with Crippen molar-refractivity contribution in [1.82, 2.24) is 5.32 Å². The van der Waals surface area contributed by atoms with Crippen molar-refractivity contribution in [3.8, 4) is 0 Å². The average molecular weight is 250 g/mol. The number of non-ortho nitro benzene ring substituents is 1. The summed E-state index contributed by atoms with van der Waals surface area (Å²) in [5.41, 5.74) is 1.13. The van der Waals surface area contributed by atoms with Gasteiger partial charge in [-0.3, -0.25) is 10.1 Å². The van der Waals surface area contributed by atoms with Crippen LogP contribution in [0.2, 0.25) is 0 Å². The third-order valence-electron chi connectivity index (χ3n) is 2.84. The average Bonchev–Trinajstić information content (AvgIpc) is 2.33. The Balaban J connectivity index is 2.23.